The average molecular weight is 213 g/mol. The van der Waals surface area contributed by atoms with Crippen molar-refractivity contribution in [2.75, 3.05) is 19.6 Å². The Morgan fingerprint density at radius 3 is 2.27 bits per heavy atom. The molecular weight excluding hydrogens is 194 g/mol. The molecule has 0 aromatic carbocycles. The SMILES string of the molecule is CCN(CC(N)=O)C(=O)C1(CN)CCC1. The van der Waals surface area contributed by atoms with Crippen LogP contribution in [0.5, 0.6) is 0 Å². The lowest BCUT2D eigenvalue weighted by Gasteiger charge is -2.42. The molecule has 1 fully saturated rings. The van der Waals surface area contributed by atoms with E-state index in [0.29, 0.717) is 13.1 Å². The van der Waals surface area contributed by atoms with E-state index in [-0.39, 0.29) is 12.5 Å². The Kier molecular flexibility index (Phi) is 3.68. The third kappa shape index (κ3) is 2.28. The molecule has 0 spiro atoms. The molecule has 0 heterocycles. The second kappa shape index (κ2) is 4.61. The van der Waals surface area contributed by atoms with E-state index in [1.807, 2.05) is 6.92 Å². The topological polar surface area (TPSA) is 89.4 Å². The van der Waals surface area contributed by atoms with E-state index in [1.165, 1.54) is 4.90 Å². The van der Waals surface area contributed by atoms with Crippen LogP contribution in [0.2, 0.25) is 0 Å². The first-order valence-electron chi connectivity index (χ1n) is 5.33. The smallest absolute Gasteiger partial charge is 0.237 e. The number of rotatable bonds is 5. The van der Waals surface area contributed by atoms with Crippen molar-refractivity contribution in [3.63, 3.8) is 0 Å². The Morgan fingerprint density at radius 2 is 2.00 bits per heavy atom. The molecule has 0 unspecified atom stereocenters. The summed E-state index contributed by atoms with van der Waals surface area (Å²) >= 11 is 0. The standard InChI is InChI=1S/C10H19N3O2/c1-2-13(6-8(12)14)9(15)10(7-11)4-3-5-10/h2-7,11H2,1H3,(H2,12,14). The zero-order valence-electron chi connectivity index (χ0n) is 9.16. The predicted octanol–water partition coefficient (Wildman–Crippen LogP) is -0.551. The monoisotopic (exact) mass is 213 g/mol. The van der Waals surface area contributed by atoms with Crippen LogP contribution >= 0.6 is 0 Å². The van der Waals surface area contributed by atoms with Gasteiger partial charge in [-0.05, 0) is 19.8 Å². The molecule has 0 aromatic rings. The molecule has 0 radical (unpaired) electrons. The van der Waals surface area contributed by atoms with Crippen molar-refractivity contribution in [1.82, 2.24) is 4.90 Å². The number of carbonyl (C=O) groups is 2. The summed E-state index contributed by atoms with van der Waals surface area (Å²) < 4.78 is 0. The Morgan fingerprint density at radius 1 is 1.40 bits per heavy atom. The number of hydrogen-bond donors (Lipinski definition) is 2. The number of amides is 2. The van der Waals surface area contributed by atoms with E-state index in [2.05, 4.69) is 0 Å². The van der Waals surface area contributed by atoms with Gasteiger partial charge in [0.15, 0.2) is 0 Å². The molecule has 0 aliphatic heterocycles. The van der Waals surface area contributed by atoms with Crippen LogP contribution < -0.4 is 11.5 Å². The highest BCUT2D eigenvalue weighted by atomic mass is 16.2. The van der Waals surface area contributed by atoms with Gasteiger partial charge in [0.1, 0.15) is 0 Å². The van der Waals surface area contributed by atoms with Crippen LogP contribution in [-0.2, 0) is 9.59 Å². The summed E-state index contributed by atoms with van der Waals surface area (Å²) in [4.78, 5) is 24.4. The van der Waals surface area contributed by atoms with Gasteiger partial charge in [-0.25, -0.2) is 0 Å². The molecule has 0 aromatic heterocycles. The van der Waals surface area contributed by atoms with Gasteiger partial charge in [-0.15, -0.1) is 0 Å². The molecule has 0 atom stereocenters. The number of carbonyl (C=O) groups excluding carboxylic acids is 2. The number of hydrogen-bond acceptors (Lipinski definition) is 3. The van der Waals surface area contributed by atoms with Crippen LogP contribution in [0.3, 0.4) is 0 Å². The summed E-state index contributed by atoms with van der Waals surface area (Å²) in [6.07, 6.45) is 2.70. The number of likely N-dealkylation sites (N-methyl/N-ethyl adjacent to an activating group) is 1. The van der Waals surface area contributed by atoms with E-state index in [1.54, 1.807) is 0 Å². The van der Waals surface area contributed by atoms with Crippen molar-refractivity contribution in [1.29, 1.82) is 0 Å². The number of nitrogens with zero attached hydrogens (tertiary/aromatic N) is 1. The van der Waals surface area contributed by atoms with Crippen LogP contribution in [-0.4, -0.2) is 36.3 Å². The summed E-state index contributed by atoms with van der Waals surface area (Å²) in [5, 5.41) is 0. The molecule has 2 amide bonds. The Balaban J connectivity index is 2.67. The lowest BCUT2D eigenvalue weighted by Crippen LogP contribution is -2.53. The lowest BCUT2D eigenvalue weighted by molar-refractivity contribution is -0.148. The summed E-state index contributed by atoms with van der Waals surface area (Å²) in [5.41, 5.74) is 10.3. The third-order valence-corrected chi connectivity index (χ3v) is 3.17. The Labute approximate surface area is 89.8 Å². The fourth-order valence-electron chi connectivity index (χ4n) is 1.96. The van der Waals surface area contributed by atoms with Crippen molar-refractivity contribution in [2.45, 2.75) is 26.2 Å². The maximum Gasteiger partial charge on any atom is 0.237 e. The summed E-state index contributed by atoms with van der Waals surface area (Å²) in [5.74, 6) is -0.491. The molecule has 4 N–H and O–H groups in total. The first-order valence-corrected chi connectivity index (χ1v) is 5.33. The van der Waals surface area contributed by atoms with E-state index >= 15 is 0 Å². The minimum atomic E-state index is -0.475. The van der Waals surface area contributed by atoms with Crippen LogP contribution in [0.15, 0.2) is 0 Å². The maximum atomic E-state index is 12.1. The van der Waals surface area contributed by atoms with Crippen LogP contribution in [0.1, 0.15) is 26.2 Å². The zero-order valence-corrected chi connectivity index (χ0v) is 9.16. The summed E-state index contributed by atoms with van der Waals surface area (Å²) in [7, 11) is 0. The Bertz CT molecular complexity index is 256. The normalized spacial score (nSPS) is 18.0. The summed E-state index contributed by atoms with van der Waals surface area (Å²) in [6.45, 7) is 2.70. The van der Waals surface area contributed by atoms with Gasteiger partial charge in [0.25, 0.3) is 0 Å². The second-order valence-corrected chi connectivity index (χ2v) is 4.12. The van der Waals surface area contributed by atoms with Crippen molar-refractivity contribution in [2.24, 2.45) is 16.9 Å². The molecule has 1 aliphatic carbocycles. The number of nitrogens with two attached hydrogens (primary N) is 2. The molecule has 1 aliphatic rings. The van der Waals surface area contributed by atoms with Crippen LogP contribution in [0.4, 0.5) is 0 Å². The van der Waals surface area contributed by atoms with Crippen molar-refractivity contribution in [3.05, 3.63) is 0 Å². The second-order valence-electron chi connectivity index (χ2n) is 4.12. The molecule has 86 valence electrons. The highest BCUT2D eigenvalue weighted by Gasteiger charge is 2.44. The van der Waals surface area contributed by atoms with Crippen molar-refractivity contribution in [3.8, 4) is 0 Å². The maximum absolute atomic E-state index is 12.1. The molecule has 0 bridgehead atoms. The zero-order chi connectivity index (χ0) is 11.5. The third-order valence-electron chi connectivity index (χ3n) is 3.17. The fraction of sp³-hybridized carbons (Fsp3) is 0.800. The van der Waals surface area contributed by atoms with Gasteiger partial charge in [0.05, 0.1) is 12.0 Å². The quantitative estimate of drug-likeness (QED) is 0.642. The Hall–Kier alpha value is -1.10. The van der Waals surface area contributed by atoms with Gasteiger partial charge >= 0.3 is 0 Å². The molecular formula is C10H19N3O2. The first kappa shape index (κ1) is 12.0. The molecule has 1 saturated carbocycles. The molecule has 1 rings (SSSR count). The van der Waals surface area contributed by atoms with E-state index in [4.69, 9.17) is 11.5 Å². The first-order chi connectivity index (χ1) is 7.05. The lowest BCUT2D eigenvalue weighted by atomic mass is 9.68. The fourth-order valence-corrected chi connectivity index (χ4v) is 1.96. The molecule has 5 heteroatoms. The molecule has 5 nitrogen and oxygen atoms in total. The van der Waals surface area contributed by atoms with E-state index in [9.17, 15) is 9.59 Å². The van der Waals surface area contributed by atoms with Crippen molar-refractivity contribution < 1.29 is 9.59 Å². The highest BCUT2D eigenvalue weighted by molar-refractivity contribution is 5.88. The predicted molar refractivity (Wildman–Crippen MR) is 56.8 cm³/mol. The van der Waals surface area contributed by atoms with E-state index < -0.39 is 11.3 Å². The van der Waals surface area contributed by atoms with Crippen LogP contribution in [0, 0.1) is 5.41 Å². The number of primary amides is 1. The van der Waals surface area contributed by atoms with Crippen LogP contribution in [0.25, 0.3) is 0 Å². The van der Waals surface area contributed by atoms with Gasteiger partial charge in [0, 0.05) is 13.1 Å². The molecule has 15 heavy (non-hydrogen) atoms. The van der Waals surface area contributed by atoms with Gasteiger partial charge in [-0.1, -0.05) is 6.42 Å². The molecule has 0 saturated heterocycles. The average Bonchev–Trinajstić information content (AvgIpc) is 2.12. The van der Waals surface area contributed by atoms with Gasteiger partial charge < -0.3 is 16.4 Å². The summed E-state index contributed by atoms with van der Waals surface area (Å²) in [6, 6.07) is 0. The van der Waals surface area contributed by atoms with Crippen molar-refractivity contribution >= 4 is 11.8 Å². The minimum Gasteiger partial charge on any atom is -0.368 e. The van der Waals surface area contributed by atoms with Gasteiger partial charge in [0.2, 0.25) is 11.8 Å². The minimum absolute atomic E-state index is 0.00289. The van der Waals surface area contributed by atoms with Gasteiger partial charge in [-0.2, -0.15) is 0 Å². The largest absolute Gasteiger partial charge is 0.368 e. The van der Waals surface area contributed by atoms with Gasteiger partial charge in [-0.3, -0.25) is 9.59 Å². The highest BCUT2D eigenvalue weighted by Crippen LogP contribution is 2.41. The van der Waals surface area contributed by atoms with E-state index in [0.717, 1.165) is 19.3 Å².